The van der Waals surface area contributed by atoms with Gasteiger partial charge < -0.3 is 39.2 Å². The second-order valence-electron chi connectivity index (χ2n) is 16.7. The highest BCUT2D eigenvalue weighted by Gasteiger charge is 2.56. The van der Waals surface area contributed by atoms with Crippen LogP contribution < -0.4 is 0 Å². The van der Waals surface area contributed by atoms with Gasteiger partial charge in [-0.2, -0.15) is 0 Å². The molecule has 4 rings (SSSR count). The van der Waals surface area contributed by atoms with Gasteiger partial charge in [0.15, 0.2) is 0 Å². The molecular weight excluding hydrogens is 682 g/mol. The predicted octanol–water partition coefficient (Wildman–Crippen LogP) is 4.46. The van der Waals surface area contributed by atoms with Crippen LogP contribution in [0.25, 0.3) is 0 Å². The Morgan fingerprint density at radius 2 is 1.62 bits per heavy atom. The largest absolute Gasteiger partial charge is 0.456 e. The van der Waals surface area contributed by atoms with Crippen LogP contribution >= 0.6 is 0 Å². The van der Waals surface area contributed by atoms with Crippen LogP contribution in [0.15, 0.2) is 23.3 Å². The number of aliphatic hydroxyl groups excluding tert-OH is 2. The summed E-state index contributed by atoms with van der Waals surface area (Å²) in [6.45, 7) is 11.4. The Bertz CT molecular complexity index is 1360. The highest BCUT2D eigenvalue weighted by Crippen LogP contribution is 2.40. The number of fused-ring (bicyclic) bond motifs is 3. The van der Waals surface area contributed by atoms with Gasteiger partial charge in [0.2, 0.25) is 5.79 Å². The first-order valence-electron chi connectivity index (χ1n) is 19.7. The fourth-order valence-corrected chi connectivity index (χ4v) is 9.05. The molecule has 2 unspecified atom stereocenters. The van der Waals surface area contributed by atoms with E-state index in [0.29, 0.717) is 56.9 Å². The predicted molar refractivity (Wildman–Crippen MR) is 197 cm³/mol. The number of rotatable bonds is 4. The number of carbonyl (C=O) groups excluding carboxylic acids is 4. The summed E-state index contributed by atoms with van der Waals surface area (Å²) in [5, 5.41) is 33.7. The number of hydrogen-bond acceptors (Lipinski definition) is 11. The third-order valence-corrected chi connectivity index (χ3v) is 12.3. The molecule has 0 aromatic heterocycles. The minimum absolute atomic E-state index is 0.0153. The molecule has 1 aliphatic carbocycles. The number of aliphatic hydroxyl groups is 3. The Kier molecular flexibility index (Phi) is 15.4. The van der Waals surface area contributed by atoms with E-state index in [0.717, 1.165) is 5.57 Å². The summed E-state index contributed by atoms with van der Waals surface area (Å²) in [6, 6.07) is -1.10. The molecule has 0 radical (unpaired) electrons. The Morgan fingerprint density at radius 3 is 2.30 bits per heavy atom. The van der Waals surface area contributed by atoms with Crippen molar-refractivity contribution in [3.63, 3.8) is 0 Å². The third kappa shape index (κ3) is 10.4. The van der Waals surface area contributed by atoms with Crippen molar-refractivity contribution in [1.82, 2.24) is 4.90 Å². The Labute approximate surface area is 315 Å². The molecule has 13 atom stereocenters. The van der Waals surface area contributed by atoms with Crippen LogP contribution in [0.2, 0.25) is 0 Å². The minimum Gasteiger partial charge on any atom is -0.456 e. The van der Waals surface area contributed by atoms with Gasteiger partial charge in [0, 0.05) is 45.4 Å². The van der Waals surface area contributed by atoms with Crippen molar-refractivity contribution in [2.24, 2.45) is 29.6 Å². The maximum Gasteiger partial charge on any atom is 0.329 e. The maximum absolute atomic E-state index is 14.2. The van der Waals surface area contributed by atoms with E-state index < -0.39 is 71.8 Å². The monoisotopic (exact) mass is 747 g/mol. The Balaban J connectivity index is 1.71. The van der Waals surface area contributed by atoms with Crippen LogP contribution in [0.5, 0.6) is 0 Å². The maximum atomic E-state index is 14.2. The van der Waals surface area contributed by atoms with E-state index in [-0.39, 0.29) is 55.4 Å². The number of methoxy groups -OCH3 is 2. The molecule has 3 heterocycles. The zero-order valence-corrected chi connectivity index (χ0v) is 33.1. The summed E-state index contributed by atoms with van der Waals surface area (Å²) >= 11 is 0. The summed E-state index contributed by atoms with van der Waals surface area (Å²) in [6.07, 6.45) is 4.75. The highest BCUT2D eigenvalue weighted by molar-refractivity contribution is 6.39. The topological polar surface area (TPSA) is 169 Å². The lowest BCUT2D eigenvalue weighted by Gasteiger charge is -2.47. The van der Waals surface area contributed by atoms with Gasteiger partial charge in [0.25, 0.3) is 11.7 Å². The third-order valence-electron chi connectivity index (χ3n) is 12.3. The standard InChI is InChI=1S/C41H65NO11/c1-23-12-14-30(43)22-33(45)28(6)36(26(4)19-29-13-15-32(44)34(21-29)50-7)52-40(48)31-11-9-10-16-42(31)39(47)38(46)41(49)27(5)20-35(51-8)37(53-41)25(3)18-24(2)17-23/h12,19,24-25,27-29,31-37,44-45,49H,9-11,13-18,20-22H2,1-8H3/b23-12-,26-19+/t24-,25-,27-,28-,29?,31?,32-,33-,34-,35+,36-,37-,41-/m1/s1. The fourth-order valence-electron chi connectivity index (χ4n) is 9.05. The molecule has 2 bridgehead atoms. The number of allylic oxidation sites excluding steroid dienone is 3. The number of ketones is 2. The van der Waals surface area contributed by atoms with E-state index in [2.05, 4.69) is 6.92 Å². The summed E-state index contributed by atoms with van der Waals surface area (Å²) < 4.78 is 23.7. The smallest absolute Gasteiger partial charge is 0.329 e. The minimum atomic E-state index is -2.41. The number of esters is 1. The van der Waals surface area contributed by atoms with Crippen molar-refractivity contribution < 1.29 is 53.4 Å². The Morgan fingerprint density at radius 1 is 0.925 bits per heavy atom. The van der Waals surface area contributed by atoms with Crippen molar-refractivity contribution in [2.75, 3.05) is 20.8 Å². The first-order chi connectivity index (χ1) is 25.0. The van der Waals surface area contributed by atoms with E-state index >= 15 is 0 Å². The van der Waals surface area contributed by atoms with Crippen LogP contribution in [-0.2, 0) is 38.1 Å². The van der Waals surface area contributed by atoms with Crippen molar-refractivity contribution in [3.05, 3.63) is 23.3 Å². The van der Waals surface area contributed by atoms with E-state index in [1.54, 1.807) is 28.1 Å². The van der Waals surface area contributed by atoms with Gasteiger partial charge in [-0.05, 0) is 95.0 Å². The Hall–Kier alpha value is -2.48. The van der Waals surface area contributed by atoms with Crippen molar-refractivity contribution >= 4 is 23.4 Å². The van der Waals surface area contributed by atoms with E-state index in [9.17, 15) is 34.5 Å². The second-order valence-corrected chi connectivity index (χ2v) is 16.7. The number of hydrogen-bond donors (Lipinski definition) is 3. The van der Waals surface area contributed by atoms with Crippen LogP contribution in [-0.4, -0.2) is 113 Å². The summed E-state index contributed by atoms with van der Waals surface area (Å²) in [5.74, 6) is -6.81. The van der Waals surface area contributed by atoms with Crippen LogP contribution in [0.1, 0.15) is 112 Å². The molecule has 53 heavy (non-hydrogen) atoms. The van der Waals surface area contributed by atoms with E-state index in [4.69, 9.17) is 18.9 Å². The summed E-state index contributed by atoms with van der Waals surface area (Å²) in [7, 11) is 3.13. The molecule has 300 valence electrons. The molecule has 3 fully saturated rings. The average Bonchev–Trinajstić information content (AvgIpc) is 3.12. The van der Waals surface area contributed by atoms with E-state index in [1.165, 1.54) is 4.90 Å². The molecule has 4 aliphatic rings. The molecule has 3 aliphatic heterocycles. The zero-order chi connectivity index (χ0) is 39.2. The van der Waals surface area contributed by atoms with Gasteiger partial charge in [-0.1, -0.05) is 45.4 Å². The zero-order valence-electron chi connectivity index (χ0n) is 33.1. The van der Waals surface area contributed by atoms with Crippen LogP contribution in [0, 0.1) is 29.6 Å². The number of carbonyl (C=O) groups is 4. The normalized spacial score (nSPS) is 41.8. The first-order valence-corrected chi connectivity index (χ1v) is 19.7. The van der Waals surface area contributed by atoms with Gasteiger partial charge in [-0.25, -0.2) is 4.79 Å². The lowest BCUT2D eigenvalue weighted by atomic mass is 9.79. The van der Waals surface area contributed by atoms with Crippen LogP contribution in [0.3, 0.4) is 0 Å². The summed E-state index contributed by atoms with van der Waals surface area (Å²) in [4.78, 5) is 56.8. The molecule has 0 spiro atoms. The molecular formula is C41H65NO11. The van der Waals surface area contributed by atoms with Gasteiger partial charge in [-0.15, -0.1) is 0 Å². The first kappa shape index (κ1) is 43.3. The van der Waals surface area contributed by atoms with Crippen molar-refractivity contribution in [1.29, 1.82) is 0 Å². The SMILES string of the molecule is CO[C@H]1C[C@@H](C)[C@@]2(O)O[C@@H]1[C@H](C)C[C@H](C)C/C(C)=C\CC(=O)C[C@@H](O)[C@@H](C)[C@@H](/C(C)=C/C1CC[C@@H](O)[C@H](OC)C1)OC(=O)C1CCCCN1C(=O)C2=O. The molecule has 3 N–H and O–H groups in total. The summed E-state index contributed by atoms with van der Waals surface area (Å²) in [5.41, 5.74) is 1.70. The number of cyclic esters (lactones) is 1. The van der Waals surface area contributed by atoms with Gasteiger partial charge in [-0.3, -0.25) is 14.4 Å². The number of Topliss-reactive ketones (excluding diaryl/α,β-unsaturated/α-hetero) is 2. The number of piperidine rings is 1. The van der Waals surface area contributed by atoms with Gasteiger partial charge >= 0.3 is 5.97 Å². The van der Waals surface area contributed by atoms with Gasteiger partial charge in [0.1, 0.15) is 17.9 Å². The van der Waals surface area contributed by atoms with Gasteiger partial charge in [0.05, 0.1) is 30.5 Å². The molecule has 1 amide bonds. The molecule has 12 nitrogen and oxygen atoms in total. The highest BCUT2D eigenvalue weighted by atomic mass is 16.7. The molecule has 12 heteroatoms. The molecule has 0 aromatic carbocycles. The molecule has 1 saturated carbocycles. The number of ether oxygens (including phenoxy) is 4. The lowest BCUT2D eigenvalue weighted by Crippen LogP contribution is -2.63. The number of amides is 1. The van der Waals surface area contributed by atoms with Crippen molar-refractivity contribution in [2.45, 2.75) is 161 Å². The van der Waals surface area contributed by atoms with E-state index in [1.807, 2.05) is 32.9 Å². The second kappa shape index (κ2) is 18.9. The lowest BCUT2D eigenvalue weighted by molar-refractivity contribution is -0.294. The molecule has 0 aromatic rings. The quantitative estimate of drug-likeness (QED) is 0.211. The molecule has 2 saturated heterocycles. The fraction of sp³-hybridized carbons (Fsp3) is 0.805. The average molecular weight is 748 g/mol. The van der Waals surface area contributed by atoms with Crippen molar-refractivity contribution in [3.8, 4) is 0 Å². The number of nitrogens with zero attached hydrogens (tertiary/aromatic N) is 1. The van der Waals surface area contributed by atoms with Crippen LogP contribution in [0.4, 0.5) is 0 Å².